The predicted octanol–water partition coefficient (Wildman–Crippen LogP) is 3.73. The van der Waals surface area contributed by atoms with Crippen molar-refractivity contribution in [3.8, 4) is 0 Å². The lowest BCUT2D eigenvalue weighted by Gasteiger charge is -2.23. The minimum atomic E-state index is -3.99. The fourth-order valence-electron chi connectivity index (χ4n) is 2.47. The van der Waals surface area contributed by atoms with Crippen LogP contribution in [0.2, 0.25) is 10.0 Å². The maximum Gasteiger partial charge on any atom is 0.264 e. The van der Waals surface area contributed by atoms with Crippen LogP contribution in [0.25, 0.3) is 0 Å². The second kappa shape index (κ2) is 9.71. The molecule has 0 aliphatic carbocycles. The van der Waals surface area contributed by atoms with Gasteiger partial charge in [-0.15, -0.1) is 0 Å². The first-order valence-electron chi connectivity index (χ1n) is 8.63. The molecule has 0 aliphatic heterocycles. The average molecular weight is 463 g/mol. The molecule has 0 saturated carbocycles. The first-order valence-corrected chi connectivity index (χ1v) is 10.8. The van der Waals surface area contributed by atoms with Gasteiger partial charge in [-0.25, -0.2) is 13.8 Å². The van der Waals surface area contributed by atoms with Gasteiger partial charge in [0.05, 0.1) is 33.0 Å². The summed E-state index contributed by atoms with van der Waals surface area (Å²) in [6.07, 6.45) is 4.26. The van der Waals surface area contributed by atoms with Gasteiger partial charge in [0.15, 0.2) is 0 Å². The van der Waals surface area contributed by atoms with E-state index in [2.05, 4.69) is 15.5 Å². The Kier molecular flexibility index (Phi) is 7.04. The number of aromatic nitrogens is 1. The smallest absolute Gasteiger partial charge is 0.264 e. The van der Waals surface area contributed by atoms with Crippen LogP contribution in [0.3, 0.4) is 0 Å². The van der Waals surface area contributed by atoms with Gasteiger partial charge < -0.3 is 0 Å². The summed E-state index contributed by atoms with van der Waals surface area (Å²) in [5.41, 5.74) is 3.19. The number of amides is 1. The number of pyridine rings is 1. The highest BCUT2D eigenvalue weighted by atomic mass is 35.5. The molecule has 0 atom stereocenters. The van der Waals surface area contributed by atoms with Gasteiger partial charge in [0.2, 0.25) is 0 Å². The number of carbonyl (C=O) groups is 1. The number of hydrogen-bond donors (Lipinski definition) is 1. The van der Waals surface area contributed by atoms with Crippen molar-refractivity contribution in [3.63, 3.8) is 0 Å². The lowest BCUT2D eigenvalue weighted by Crippen LogP contribution is -2.39. The molecule has 3 aromatic rings. The summed E-state index contributed by atoms with van der Waals surface area (Å²) in [6, 6.07) is 15.8. The Morgan fingerprint density at radius 3 is 2.50 bits per heavy atom. The topological polar surface area (TPSA) is 91.7 Å². The van der Waals surface area contributed by atoms with Crippen molar-refractivity contribution in [3.05, 3.63) is 88.7 Å². The highest BCUT2D eigenvalue weighted by Crippen LogP contribution is 2.23. The maximum atomic E-state index is 13.1. The monoisotopic (exact) mass is 462 g/mol. The third-order valence-electron chi connectivity index (χ3n) is 3.90. The summed E-state index contributed by atoms with van der Waals surface area (Å²) < 4.78 is 27.1. The van der Waals surface area contributed by atoms with Crippen molar-refractivity contribution < 1.29 is 13.2 Å². The lowest BCUT2D eigenvalue weighted by molar-refractivity contribution is -0.119. The van der Waals surface area contributed by atoms with E-state index in [1.54, 1.807) is 48.5 Å². The second-order valence-corrected chi connectivity index (χ2v) is 8.68. The molecule has 1 amide bonds. The molecule has 1 heterocycles. The molecule has 154 valence electrons. The van der Waals surface area contributed by atoms with Crippen LogP contribution >= 0.6 is 23.2 Å². The Balaban J connectivity index is 1.79. The van der Waals surface area contributed by atoms with Gasteiger partial charge in [-0.05, 0) is 42.0 Å². The Hall–Kier alpha value is -2.94. The van der Waals surface area contributed by atoms with Gasteiger partial charge in [0.25, 0.3) is 15.9 Å². The van der Waals surface area contributed by atoms with Gasteiger partial charge in [0, 0.05) is 6.20 Å². The Morgan fingerprint density at radius 2 is 1.83 bits per heavy atom. The van der Waals surface area contributed by atoms with E-state index in [4.69, 9.17) is 23.2 Å². The standard InChI is InChI=1S/C20H16Cl2N4O3S/c21-18-9-8-15(11-19(18)22)12-24-25-20(27)14-26(16-5-4-10-23-13-16)30(28,29)17-6-2-1-3-7-17/h1-13H,14H2,(H,25,27)/b24-12-. The number of hydrazone groups is 1. The van der Waals surface area contributed by atoms with Gasteiger partial charge >= 0.3 is 0 Å². The van der Waals surface area contributed by atoms with Gasteiger partial charge in [-0.1, -0.05) is 47.5 Å². The molecule has 1 N–H and O–H groups in total. The number of rotatable bonds is 7. The molecule has 30 heavy (non-hydrogen) atoms. The summed E-state index contributed by atoms with van der Waals surface area (Å²) >= 11 is 11.8. The lowest BCUT2D eigenvalue weighted by atomic mass is 10.2. The quantitative estimate of drug-likeness (QED) is 0.427. The van der Waals surface area contributed by atoms with Crippen molar-refractivity contribution in [2.75, 3.05) is 10.8 Å². The second-order valence-electron chi connectivity index (χ2n) is 6.00. The molecule has 3 rings (SSSR count). The molecule has 0 saturated heterocycles. The summed E-state index contributed by atoms with van der Waals surface area (Å²) in [6.45, 7) is -0.484. The fourth-order valence-corrected chi connectivity index (χ4v) is 4.21. The summed E-state index contributed by atoms with van der Waals surface area (Å²) in [7, 11) is -3.99. The highest BCUT2D eigenvalue weighted by molar-refractivity contribution is 7.92. The number of nitrogens with one attached hydrogen (secondary N) is 1. The highest BCUT2D eigenvalue weighted by Gasteiger charge is 2.27. The van der Waals surface area contributed by atoms with Gasteiger partial charge in [0.1, 0.15) is 6.54 Å². The molecular formula is C20H16Cl2N4O3S. The molecule has 0 spiro atoms. The minimum absolute atomic E-state index is 0.0564. The number of sulfonamides is 1. The van der Waals surface area contributed by atoms with E-state index in [0.29, 0.717) is 15.6 Å². The van der Waals surface area contributed by atoms with E-state index in [-0.39, 0.29) is 10.6 Å². The van der Waals surface area contributed by atoms with Crippen LogP contribution in [0.1, 0.15) is 5.56 Å². The number of carbonyl (C=O) groups excluding carboxylic acids is 1. The maximum absolute atomic E-state index is 13.1. The van der Waals surface area contributed by atoms with E-state index in [0.717, 1.165) is 4.31 Å². The largest absolute Gasteiger partial charge is 0.271 e. The number of anilines is 1. The number of hydrogen-bond acceptors (Lipinski definition) is 5. The van der Waals surface area contributed by atoms with Gasteiger partial charge in [-0.2, -0.15) is 5.10 Å². The molecule has 10 heteroatoms. The third kappa shape index (κ3) is 5.35. The van der Waals surface area contributed by atoms with Crippen LogP contribution in [-0.4, -0.2) is 32.1 Å². The van der Waals surface area contributed by atoms with Crippen molar-refractivity contribution >= 4 is 51.0 Å². The van der Waals surface area contributed by atoms with E-state index >= 15 is 0 Å². The molecule has 0 aliphatic rings. The Morgan fingerprint density at radius 1 is 1.07 bits per heavy atom. The van der Waals surface area contributed by atoms with Gasteiger partial charge in [-0.3, -0.25) is 14.1 Å². The van der Waals surface area contributed by atoms with E-state index < -0.39 is 22.5 Å². The predicted molar refractivity (Wildman–Crippen MR) is 117 cm³/mol. The zero-order valence-corrected chi connectivity index (χ0v) is 17.8. The van der Waals surface area contributed by atoms with Crippen LogP contribution in [0.5, 0.6) is 0 Å². The molecule has 0 fully saturated rings. The molecular weight excluding hydrogens is 447 g/mol. The minimum Gasteiger partial charge on any atom is -0.271 e. The van der Waals surface area contributed by atoms with Crippen molar-refractivity contribution in [2.24, 2.45) is 5.10 Å². The van der Waals surface area contributed by atoms with E-state index in [1.165, 1.54) is 30.7 Å². The molecule has 7 nitrogen and oxygen atoms in total. The summed E-state index contributed by atoms with van der Waals surface area (Å²) in [5, 5.41) is 4.60. The molecule has 0 bridgehead atoms. The third-order valence-corrected chi connectivity index (χ3v) is 6.43. The van der Waals surface area contributed by atoms with E-state index in [9.17, 15) is 13.2 Å². The Labute approximate surface area is 184 Å². The molecule has 2 aromatic carbocycles. The molecule has 1 aromatic heterocycles. The van der Waals surface area contributed by atoms with Crippen LogP contribution in [0, 0.1) is 0 Å². The van der Waals surface area contributed by atoms with E-state index in [1.807, 2.05) is 0 Å². The van der Waals surface area contributed by atoms with Crippen LogP contribution in [0.15, 0.2) is 83.1 Å². The number of benzene rings is 2. The number of nitrogens with zero attached hydrogens (tertiary/aromatic N) is 3. The first-order chi connectivity index (χ1) is 14.4. The zero-order chi connectivity index (χ0) is 21.6. The van der Waals surface area contributed by atoms with Crippen molar-refractivity contribution in [1.29, 1.82) is 0 Å². The zero-order valence-electron chi connectivity index (χ0n) is 15.4. The summed E-state index contributed by atoms with van der Waals surface area (Å²) in [5.74, 6) is -0.630. The van der Waals surface area contributed by atoms with Crippen molar-refractivity contribution in [2.45, 2.75) is 4.90 Å². The summed E-state index contributed by atoms with van der Waals surface area (Å²) in [4.78, 5) is 16.4. The molecule has 0 unspecified atom stereocenters. The normalized spacial score (nSPS) is 11.4. The fraction of sp³-hybridized carbons (Fsp3) is 0.0500. The number of halogens is 2. The first kappa shape index (κ1) is 21.8. The van der Waals surface area contributed by atoms with Crippen LogP contribution < -0.4 is 9.73 Å². The molecule has 0 radical (unpaired) electrons. The van der Waals surface area contributed by atoms with Crippen molar-refractivity contribution in [1.82, 2.24) is 10.4 Å². The SMILES string of the molecule is O=C(CN(c1cccnc1)S(=O)(=O)c1ccccc1)N/N=C\c1ccc(Cl)c(Cl)c1. The Bertz CT molecular complexity index is 1160. The average Bonchev–Trinajstić information content (AvgIpc) is 2.75. The van der Waals surface area contributed by atoms with Crippen LogP contribution in [-0.2, 0) is 14.8 Å². The van der Waals surface area contributed by atoms with Crippen LogP contribution in [0.4, 0.5) is 5.69 Å².